The molecule has 0 bridgehead atoms. The maximum Gasteiger partial charge on any atom is 0.365 e. The van der Waals surface area contributed by atoms with E-state index in [0.717, 1.165) is 29.0 Å². The summed E-state index contributed by atoms with van der Waals surface area (Å²) >= 11 is 0. The van der Waals surface area contributed by atoms with Gasteiger partial charge in [0, 0.05) is 5.92 Å². The largest absolute Gasteiger partial charge is 0.497 e. The zero-order chi connectivity index (χ0) is 20.2. The summed E-state index contributed by atoms with van der Waals surface area (Å²) in [5.74, 6) is 0.976. The maximum absolute atomic E-state index is 12.4. The third kappa shape index (κ3) is 4.37. The fourth-order valence-corrected chi connectivity index (χ4v) is 3.49. The Kier molecular flexibility index (Phi) is 5.43. The maximum atomic E-state index is 12.4. The van der Waals surface area contributed by atoms with Crippen molar-refractivity contribution in [3.63, 3.8) is 0 Å². The van der Waals surface area contributed by atoms with Crippen molar-refractivity contribution in [3.8, 4) is 5.75 Å². The minimum Gasteiger partial charge on any atom is -0.497 e. The van der Waals surface area contributed by atoms with E-state index in [2.05, 4.69) is 17.3 Å². The molecule has 0 aromatic heterocycles. The highest BCUT2D eigenvalue weighted by Crippen LogP contribution is 2.49. The number of oxime groups is 1. The standard InChI is InChI=1S/C25H23NO3/c1-17-8-10-20(11-9-17)25(27)29-26-24(19-6-4-3-5-7-19)23-16-22(23)18-12-14-21(28-2)15-13-18/h3-15,22-23H,16H2,1-2H3/b26-24-/t22-,23+/m0/s1. The highest BCUT2D eigenvalue weighted by molar-refractivity contribution is 6.04. The lowest BCUT2D eigenvalue weighted by Gasteiger charge is -2.07. The fraction of sp³-hybridized carbons (Fsp3) is 0.200. The second kappa shape index (κ2) is 8.31. The van der Waals surface area contributed by atoms with Crippen molar-refractivity contribution < 1.29 is 14.4 Å². The van der Waals surface area contributed by atoms with E-state index in [9.17, 15) is 4.79 Å². The third-order valence-electron chi connectivity index (χ3n) is 5.27. The van der Waals surface area contributed by atoms with Crippen LogP contribution in [0.1, 0.15) is 39.4 Å². The molecule has 146 valence electrons. The van der Waals surface area contributed by atoms with Crippen LogP contribution in [0, 0.1) is 12.8 Å². The van der Waals surface area contributed by atoms with Crippen molar-refractivity contribution in [2.75, 3.05) is 7.11 Å². The van der Waals surface area contributed by atoms with Gasteiger partial charge in [0.05, 0.1) is 18.4 Å². The Morgan fingerprint density at radius 1 is 0.897 bits per heavy atom. The molecular formula is C25H23NO3. The molecule has 0 radical (unpaired) electrons. The van der Waals surface area contributed by atoms with Gasteiger partial charge in [0.25, 0.3) is 0 Å². The van der Waals surface area contributed by atoms with Crippen molar-refractivity contribution >= 4 is 11.7 Å². The molecule has 3 aromatic rings. The average molecular weight is 385 g/mol. The SMILES string of the molecule is COc1ccc([C@@H]2C[C@H]2/C(=N\OC(=O)c2ccc(C)cc2)c2ccccc2)cc1. The lowest BCUT2D eigenvalue weighted by Crippen LogP contribution is -2.09. The van der Waals surface area contributed by atoms with Crippen molar-refractivity contribution in [3.05, 3.63) is 101 Å². The molecule has 4 rings (SSSR count). The molecule has 0 heterocycles. The molecule has 1 fully saturated rings. The summed E-state index contributed by atoms with van der Waals surface area (Å²) < 4.78 is 5.25. The summed E-state index contributed by atoms with van der Waals surface area (Å²) in [6, 6.07) is 25.3. The molecule has 2 atom stereocenters. The Balaban J connectivity index is 1.55. The highest BCUT2D eigenvalue weighted by Gasteiger charge is 2.43. The molecule has 4 heteroatoms. The van der Waals surface area contributed by atoms with Gasteiger partial charge in [-0.3, -0.25) is 0 Å². The quantitative estimate of drug-likeness (QED) is 0.326. The molecule has 0 unspecified atom stereocenters. The summed E-state index contributed by atoms with van der Waals surface area (Å²) in [5, 5.41) is 4.31. The Morgan fingerprint density at radius 2 is 1.59 bits per heavy atom. The average Bonchev–Trinajstić information content (AvgIpc) is 3.55. The zero-order valence-electron chi connectivity index (χ0n) is 16.5. The van der Waals surface area contributed by atoms with E-state index in [1.807, 2.05) is 61.5 Å². The predicted molar refractivity (Wildman–Crippen MR) is 113 cm³/mol. The molecule has 1 aliphatic rings. The van der Waals surface area contributed by atoms with E-state index in [4.69, 9.17) is 9.57 Å². The normalized spacial score (nSPS) is 18.2. The van der Waals surface area contributed by atoms with Gasteiger partial charge in [0.1, 0.15) is 5.75 Å². The van der Waals surface area contributed by atoms with E-state index in [0.29, 0.717) is 11.5 Å². The Hall–Kier alpha value is -3.40. The van der Waals surface area contributed by atoms with Gasteiger partial charge in [-0.1, -0.05) is 65.3 Å². The van der Waals surface area contributed by atoms with Gasteiger partial charge < -0.3 is 9.57 Å². The lowest BCUT2D eigenvalue weighted by molar-refractivity contribution is 0.0515. The summed E-state index contributed by atoms with van der Waals surface area (Å²) in [5.41, 5.74) is 4.62. The van der Waals surface area contributed by atoms with Gasteiger partial charge in [-0.15, -0.1) is 0 Å². The molecule has 0 N–H and O–H groups in total. The number of hydrogen-bond donors (Lipinski definition) is 0. The second-order valence-electron chi connectivity index (χ2n) is 7.31. The molecule has 3 aromatic carbocycles. The summed E-state index contributed by atoms with van der Waals surface area (Å²) in [6.45, 7) is 1.98. The minimum absolute atomic E-state index is 0.219. The molecule has 0 saturated heterocycles. The monoisotopic (exact) mass is 385 g/mol. The van der Waals surface area contributed by atoms with Crippen LogP contribution < -0.4 is 4.74 Å². The van der Waals surface area contributed by atoms with Crippen LogP contribution in [-0.4, -0.2) is 18.8 Å². The van der Waals surface area contributed by atoms with E-state index < -0.39 is 5.97 Å². The smallest absolute Gasteiger partial charge is 0.365 e. The highest BCUT2D eigenvalue weighted by atomic mass is 16.7. The minimum atomic E-state index is -0.444. The van der Waals surface area contributed by atoms with Crippen molar-refractivity contribution in [2.45, 2.75) is 19.3 Å². The molecule has 0 spiro atoms. The number of hydrogen-bond acceptors (Lipinski definition) is 4. The lowest BCUT2D eigenvalue weighted by atomic mass is 10.0. The van der Waals surface area contributed by atoms with Gasteiger partial charge in [0.2, 0.25) is 0 Å². The second-order valence-corrected chi connectivity index (χ2v) is 7.31. The van der Waals surface area contributed by atoms with Gasteiger partial charge in [-0.2, -0.15) is 0 Å². The van der Waals surface area contributed by atoms with Crippen LogP contribution in [0.5, 0.6) is 5.75 Å². The Bertz CT molecular complexity index is 1010. The first-order chi connectivity index (χ1) is 14.2. The number of ether oxygens (including phenoxy) is 1. The molecule has 29 heavy (non-hydrogen) atoms. The van der Waals surface area contributed by atoms with E-state index in [1.54, 1.807) is 19.2 Å². The van der Waals surface area contributed by atoms with Crippen LogP contribution in [0.25, 0.3) is 0 Å². The number of nitrogens with zero attached hydrogens (tertiary/aromatic N) is 1. The predicted octanol–water partition coefficient (Wildman–Crippen LogP) is 5.37. The molecule has 4 nitrogen and oxygen atoms in total. The summed E-state index contributed by atoms with van der Waals surface area (Å²) in [4.78, 5) is 17.7. The fourth-order valence-electron chi connectivity index (χ4n) is 3.49. The number of benzene rings is 3. The summed E-state index contributed by atoms with van der Waals surface area (Å²) in [7, 11) is 1.66. The topological polar surface area (TPSA) is 47.9 Å². The number of carbonyl (C=O) groups is 1. The molecule has 1 saturated carbocycles. The first-order valence-electron chi connectivity index (χ1n) is 9.71. The number of rotatable bonds is 6. The molecular weight excluding hydrogens is 362 g/mol. The van der Waals surface area contributed by atoms with E-state index >= 15 is 0 Å². The Labute approximate surface area is 170 Å². The molecule has 1 aliphatic carbocycles. The first kappa shape index (κ1) is 18.9. The first-order valence-corrected chi connectivity index (χ1v) is 9.71. The van der Waals surface area contributed by atoms with Crippen LogP contribution >= 0.6 is 0 Å². The van der Waals surface area contributed by atoms with Crippen LogP contribution in [0.2, 0.25) is 0 Å². The van der Waals surface area contributed by atoms with E-state index in [-0.39, 0.29) is 5.92 Å². The van der Waals surface area contributed by atoms with Crippen LogP contribution in [0.3, 0.4) is 0 Å². The zero-order valence-corrected chi connectivity index (χ0v) is 16.5. The molecule has 0 amide bonds. The number of aryl methyl sites for hydroxylation is 1. The number of methoxy groups -OCH3 is 1. The van der Waals surface area contributed by atoms with Crippen LogP contribution in [-0.2, 0) is 4.84 Å². The van der Waals surface area contributed by atoms with Crippen molar-refractivity contribution in [1.82, 2.24) is 0 Å². The van der Waals surface area contributed by atoms with Gasteiger partial charge in [-0.25, -0.2) is 4.79 Å². The van der Waals surface area contributed by atoms with Crippen molar-refractivity contribution in [2.24, 2.45) is 11.1 Å². The van der Waals surface area contributed by atoms with Crippen LogP contribution in [0.15, 0.2) is 84.0 Å². The van der Waals surface area contributed by atoms with Crippen LogP contribution in [0.4, 0.5) is 0 Å². The Morgan fingerprint density at radius 3 is 2.24 bits per heavy atom. The molecule has 0 aliphatic heterocycles. The van der Waals surface area contributed by atoms with E-state index in [1.165, 1.54) is 5.56 Å². The third-order valence-corrected chi connectivity index (χ3v) is 5.27. The van der Waals surface area contributed by atoms with Gasteiger partial charge >= 0.3 is 5.97 Å². The van der Waals surface area contributed by atoms with Gasteiger partial charge in [0.15, 0.2) is 0 Å². The van der Waals surface area contributed by atoms with Gasteiger partial charge in [-0.05, 0) is 54.7 Å². The number of carbonyl (C=O) groups excluding carboxylic acids is 1. The summed E-state index contributed by atoms with van der Waals surface area (Å²) in [6.07, 6.45) is 0.974. The van der Waals surface area contributed by atoms with Crippen molar-refractivity contribution in [1.29, 1.82) is 0 Å².